The maximum Gasteiger partial charge on any atom is 0.243 e. The van der Waals surface area contributed by atoms with Crippen LogP contribution in [0.15, 0.2) is 78.9 Å². The van der Waals surface area contributed by atoms with Crippen LogP contribution in [-0.4, -0.2) is 35.4 Å². The first-order chi connectivity index (χ1) is 17.9. The average molecular weight is 505 g/mol. The van der Waals surface area contributed by atoms with Crippen LogP contribution < -0.4 is 10.1 Å². The first-order valence-corrected chi connectivity index (χ1v) is 12.9. The molecule has 2 unspecified atom stereocenters. The third-order valence-electron chi connectivity index (χ3n) is 6.40. The molecule has 0 bridgehead atoms. The van der Waals surface area contributed by atoms with Crippen LogP contribution in [0.2, 0.25) is 0 Å². The average Bonchev–Trinajstić information content (AvgIpc) is 2.91. The van der Waals surface area contributed by atoms with Gasteiger partial charge in [-0.2, -0.15) is 0 Å². The smallest absolute Gasteiger partial charge is 0.243 e. The van der Waals surface area contributed by atoms with Gasteiger partial charge in [0, 0.05) is 31.0 Å². The van der Waals surface area contributed by atoms with Gasteiger partial charge in [0.15, 0.2) is 0 Å². The lowest BCUT2D eigenvalue weighted by Crippen LogP contribution is -2.52. The minimum atomic E-state index is -0.776. The van der Waals surface area contributed by atoms with Crippen LogP contribution in [0.4, 0.5) is 4.39 Å². The van der Waals surface area contributed by atoms with Gasteiger partial charge in [0.2, 0.25) is 11.8 Å². The Morgan fingerprint density at radius 2 is 1.65 bits per heavy atom. The van der Waals surface area contributed by atoms with Gasteiger partial charge in [0.05, 0.1) is 6.61 Å². The molecule has 2 atom stereocenters. The van der Waals surface area contributed by atoms with Crippen LogP contribution in [0.3, 0.4) is 0 Å². The highest BCUT2D eigenvalue weighted by Gasteiger charge is 2.31. The fourth-order valence-electron chi connectivity index (χ4n) is 4.00. The predicted octanol–water partition coefficient (Wildman–Crippen LogP) is 5.85. The molecule has 3 aromatic carbocycles. The van der Waals surface area contributed by atoms with Crippen LogP contribution in [0.1, 0.15) is 49.8 Å². The highest BCUT2D eigenvalue weighted by atomic mass is 19.1. The summed E-state index contributed by atoms with van der Waals surface area (Å²) in [6, 6.07) is 22.9. The van der Waals surface area contributed by atoms with Crippen molar-refractivity contribution < 1.29 is 18.7 Å². The molecule has 0 heterocycles. The van der Waals surface area contributed by atoms with E-state index in [0.29, 0.717) is 25.0 Å². The summed E-state index contributed by atoms with van der Waals surface area (Å²) in [5, 5.41) is 3.03. The normalized spacial score (nSPS) is 12.4. The molecular formula is C31H37FN2O3. The number of nitrogens with zero attached hydrogens (tertiary/aromatic N) is 1. The quantitative estimate of drug-likeness (QED) is 0.297. The summed E-state index contributed by atoms with van der Waals surface area (Å²) in [4.78, 5) is 28.6. The maximum atomic E-state index is 14.6. The van der Waals surface area contributed by atoms with Crippen molar-refractivity contribution >= 4 is 11.8 Å². The van der Waals surface area contributed by atoms with Crippen molar-refractivity contribution in [1.29, 1.82) is 0 Å². The van der Waals surface area contributed by atoms with Crippen LogP contribution in [0.5, 0.6) is 5.75 Å². The van der Waals surface area contributed by atoms with Crippen molar-refractivity contribution in [2.45, 2.75) is 65.1 Å². The van der Waals surface area contributed by atoms with Crippen molar-refractivity contribution in [2.24, 2.45) is 0 Å². The first-order valence-electron chi connectivity index (χ1n) is 12.9. The van der Waals surface area contributed by atoms with E-state index < -0.39 is 11.9 Å². The summed E-state index contributed by atoms with van der Waals surface area (Å²) in [5.41, 5.74) is 2.45. The number of hydrogen-bond donors (Lipinski definition) is 1. The number of nitrogens with one attached hydrogen (secondary N) is 1. The Bertz CT molecular complexity index is 1130. The van der Waals surface area contributed by atoms with Crippen molar-refractivity contribution in [3.05, 3.63) is 101 Å². The number of rotatable bonds is 13. The molecule has 1 N–H and O–H groups in total. The Labute approximate surface area is 219 Å². The molecular weight excluding hydrogens is 467 g/mol. The molecule has 6 heteroatoms. The Kier molecular flexibility index (Phi) is 10.7. The number of halogens is 1. The minimum absolute atomic E-state index is 0.00967. The molecule has 5 nitrogen and oxygen atoms in total. The van der Waals surface area contributed by atoms with Gasteiger partial charge in [-0.1, -0.05) is 73.2 Å². The van der Waals surface area contributed by atoms with E-state index in [1.807, 2.05) is 75.4 Å². The Balaban J connectivity index is 1.80. The molecule has 0 fully saturated rings. The summed E-state index contributed by atoms with van der Waals surface area (Å²) in [7, 11) is 0. The topological polar surface area (TPSA) is 58.6 Å². The van der Waals surface area contributed by atoms with E-state index >= 15 is 0 Å². The number of hydrogen-bond acceptors (Lipinski definition) is 3. The van der Waals surface area contributed by atoms with Crippen LogP contribution >= 0.6 is 0 Å². The molecule has 0 aliphatic heterocycles. The fraction of sp³-hybridized carbons (Fsp3) is 0.355. The number of carbonyl (C=O) groups is 2. The largest absolute Gasteiger partial charge is 0.494 e. The van der Waals surface area contributed by atoms with Crippen molar-refractivity contribution in [3.8, 4) is 5.75 Å². The lowest BCUT2D eigenvalue weighted by atomic mass is 10.0. The summed E-state index contributed by atoms with van der Waals surface area (Å²) in [6.45, 7) is 6.31. The van der Waals surface area contributed by atoms with Crippen LogP contribution in [0.25, 0.3) is 0 Å². The second kappa shape index (κ2) is 14.2. The second-order valence-corrected chi connectivity index (χ2v) is 9.40. The Hall–Kier alpha value is -3.67. The van der Waals surface area contributed by atoms with Crippen LogP contribution in [0, 0.1) is 12.7 Å². The van der Waals surface area contributed by atoms with Crippen molar-refractivity contribution in [1.82, 2.24) is 10.2 Å². The number of amides is 2. The van der Waals surface area contributed by atoms with E-state index in [1.165, 1.54) is 11.0 Å². The third kappa shape index (κ3) is 8.74. The molecule has 3 rings (SSSR count). The van der Waals surface area contributed by atoms with Gasteiger partial charge in [-0.3, -0.25) is 9.59 Å². The molecule has 3 aromatic rings. The van der Waals surface area contributed by atoms with Gasteiger partial charge in [0.1, 0.15) is 17.6 Å². The number of carbonyl (C=O) groups excluding carboxylic acids is 2. The Morgan fingerprint density at radius 1 is 0.973 bits per heavy atom. The number of ether oxygens (including phenoxy) is 1. The minimum Gasteiger partial charge on any atom is -0.494 e. The van der Waals surface area contributed by atoms with E-state index in [2.05, 4.69) is 5.32 Å². The summed E-state index contributed by atoms with van der Waals surface area (Å²) < 4.78 is 20.4. The van der Waals surface area contributed by atoms with Gasteiger partial charge >= 0.3 is 0 Å². The van der Waals surface area contributed by atoms with Gasteiger partial charge in [-0.25, -0.2) is 4.39 Å². The third-order valence-corrected chi connectivity index (χ3v) is 6.40. The first kappa shape index (κ1) is 27.9. The van der Waals surface area contributed by atoms with Gasteiger partial charge < -0.3 is 15.0 Å². The SMILES string of the molecule is CCC(C)NC(=O)C(Cc1ccccc1)N(Cc1ccccc1F)C(=O)CCCOc1ccc(C)cc1. The van der Waals surface area contributed by atoms with E-state index in [0.717, 1.165) is 23.3 Å². The van der Waals surface area contributed by atoms with E-state index in [1.54, 1.807) is 18.2 Å². The monoisotopic (exact) mass is 504 g/mol. The lowest BCUT2D eigenvalue weighted by molar-refractivity contribution is -0.141. The zero-order chi connectivity index (χ0) is 26.6. The van der Waals surface area contributed by atoms with Crippen molar-refractivity contribution in [2.75, 3.05) is 6.61 Å². The van der Waals surface area contributed by atoms with Gasteiger partial charge in [0.25, 0.3) is 0 Å². The fourth-order valence-corrected chi connectivity index (χ4v) is 4.00. The summed E-state index contributed by atoms with van der Waals surface area (Å²) in [5.74, 6) is -0.102. The zero-order valence-corrected chi connectivity index (χ0v) is 22.0. The molecule has 0 radical (unpaired) electrons. The van der Waals surface area contributed by atoms with Crippen molar-refractivity contribution in [3.63, 3.8) is 0 Å². The molecule has 0 aliphatic carbocycles. The summed E-state index contributed by atoms with van der Waals surface area (Å²) >= 11 is 0. The molecule has 0 aromatic heterocycles. The van der Waals surface area contributed by atoms with E-state index in [-0.39, 0.29) is 30.8 Å². The molecule has 0 spiro atoms. The highest BCUT2D eigenvalue weighted by molar-refractivity contribution is 5.88. The second-order valence-electron chi connectivity index (χ2n) is 9.40. The highest BCUT2D eigenvalue weighted by Crippen LogP contribution is 2.19. The molecule has 196 valence electrons. The summed E-state index contributed by atoms with van der Waals surface area (Å²) in [6.07, 6.45) is 1.76. The molecule has 0 aliphatic rings. The van der Waals surface area contributed by atoms with Gasteiger partial charge in [-0.05, 0) is 50.5 Å². The van der Waals surface area contributed by atoms with E-state index in [9.17, 15) is 14.0 Å². The zero-order valence-electron chi connectivity index (χ0n) is 22.0. The molecule has 37 heavy (non-hydrogen) atoms. The van der Waals surface area contributed by atoms with E-state index in [4.69, 9.17) is 4.74 Å². The lowest BCUT2D eigenvalue weighted by Gasteiger charge is -2.32. The maximum absolute atomic E-state index is 14.6. The Morgan fingerprint density at radius 3 is 2.32 bits per heavy atom. The van der Waals surface area contributed by atoms with Gasteiger partial charge in [-0.15, -0.1) is 0 Å². The number of aryl methyl sites for hydroxylation is 1. The predicted molar refractivity (Wildman–Crippen MR) is 145 cm³/mol. The van der Waals surface area contributed by atoms with Crippen LogP contribution in [-0.2, 0) is 22.6 Å². The standard InChI is InChI=1S/C31H37FN2O3/c1-4-24(3)33-31(36)29(21-25-11-6-5-7-12-25)34(22-26-13-8-9-14-28(26)32)30(35)15-10-20-37-27-18-16-23(2)17-19-27/h5-9,11-14,16-19,24,29H,4,10,15,20-22H2,1-3H3,(H,33,36). The number of benzene rings is 3. The molecule has 0 saturated carbocycles. The molecule has 0 saturated heterocycles. The molecule has 2 amide bonds.